The van der Waals surface area contributed by atoms with Crippen LogP contribution in [0.3, 0.4) is 0 Å². The monoisotopic (exact) mass is 1120 g/mol. The first-order valence-corrected chi connectivity index (χ1v) is 28.2. The second kappa shape index (κ2) is 19.5. The van der Waals surface area contributed by atoms with Crippen molar-refractivity contribution >= 4 is 66.6 Å². The van der Waals surface area contributed by atoms with E-state index < -0.39 is 19.9 Å². The molecule has 0 aliphatic carbocycles. The number of fused-ring (bicyclic) bond motifs is 6. The Bertz CT molecular complexity index is 3730. The van der Waals surface area contributed by atoms with E-state index in [-0.39, 0.29) is 25.5 Å². The molecule has 3 heterocycles. The third-order valence-electron chi connectivity index (χ3n) is 12.7. The number of aromatic nitrogens is 3. The summed E-state index contributed by atoms with van der Waals surface area (Å²) in [6.45, 7) is 19.4. The molecule has 0 saturated carbocycles. The van der Waals surface area contributed by atoms with Crippen molar-refractivity contribution in [1.82, 2.24) is 14.5 Å². The van der Waals surface area contributed by atoms with Crippen LogP contribution in [0.5, 0.6) is 0 Å². The quantitative estimate of drug-likeness (QED) is 0.118. The molecule has 3 nitrogen and oxygen atoms in total. The molecule has 6 heteroatoms. The van der Waals surface area contributed by atoms with E-state index >= 15 is 0 Å². The summed E-state index contributed by atoms with van der Waals surface area (Å²) in [6.07, 6.45) is 0.469. The smallest absolute Gasteiger partial charge is 0.0852 e. The molecule has 0 atom stereocenters. The van der Waals surface area contributed by atoms with Crippen LogP contribution < -0.4 is 5.19 Å². The number of hydrogen-bond donors (Lipinski definition) is 0. The molecule has 0 aliphatic rings. The van der Waals surface area contributed by atoms with E-state index in [1.807, 2.05) is 68.6 Å². The van der Waals surface area contributed by atoms with Crippen molar-refractivity contribution in [3.63, 3.8) is 0 Å². The van der Waals surface area contributed by atoms with Gasteiger partial charge in [0, 0.05) is 50.4 Å². The van der Waals surface area contributed by atoms with Gasteiger partial charge in [-0.05, 0) is 90.1 Å². The van der Waals surface area contributed by atoms with Gasteiger partial charge in [0.1, 0.15) is 0 Å². The maximum absolute atomic E-state index is 8.75. The molecule has 0 amide bonds. The van der Waals surface area contributed by atoms with Crippen molar-refractivity contribution in [2.24, 2.45) is 5.41 Å². The zero-order valence-electron chi connectivity index (χ0n) is 43.4. The maximum atomic E-state index is 8.75. The first-order valence-electron chi connectivity index (χ1n) is 24.9. The van der Waals surface area contributed by atoms with Crippen molar-refractivity contribution in [2.45, 2.75) is 73.0 Å². The van der Waals surface area contributed by atoms with Gasteiger partial charge in [-0.1, -0.05) is 187 Å². The molecule has 0 spiro atoms. The number of hydrogen-bond acceptors (Lipinski definition) is 3. The van der Waals surface area contributed by atoms with E-state index in [4.69, 9.17) is 7.73 Å². The van der Waals surface area contributed by atoms with Gasteiger partial charge < -0.3 is 9.55 Å². The van der Waals surface area contributed by atoms with E-state index in [1.165, 1.54) is 53.4 Å². The average Bonchev–Trinajstić information content (AvgIpc) is 3.94. The van der Waals surface area contributed by atoms with E-state index in [0.717, 1.165) is 55.5 Å². The Hall–Kier alpha value is -6.27. The molecule has 0 saturated heterocycles. The molecule has 1 radical (unpaired) electrons. The normalized spacial score (nSPS) is 12.6. The molecule has 0 aliphatic heterocycles. The summed E-state index contributed by atoms with van der Waals surface area (Å²) < 4.78 is 22.4. The third kappa shape index (κ3) is 10.0. The Morgan fingerprint density at radius 3 is 2.04 bits per heavy atom. The van der Waals surface area contributed by atoms with E-state index in [2.05, 4.69) is 208 Å². The van der Waals surface area contributed by atoms with E-state index in [9.17, 15) is 0 Å². The molecule has 0 unspecified atom stereocenters. The van der Waals surface area contributed by atoms with Crippen molar-refractivity contribution in [3.05, 3.63) is 205 Å². The summed E-state index contributed by atoms with van der Waals surface area (Å²) in [5.74, 6) is 0.893. The second-order valence-corrected chi connectivity index (χ2v) is 27.2. The molecule has 8 aromatic carbocycles. The Morgan fingerprint density at radius 2 is 1.34 bits per heavy atom. The maximum Gasteiger partial charge on any atom is 0.0852 e. The van der Waals surface area contributed by atoms with Gasteiger partial charge in [0.15, 0.2) is 0 Å². The van der Waals surface area contributed by atoms with Gasteiger partial charge in [-0.25, -0.2) is 0 Å². The van der Waals surface area contributed by atoms with Crippen LogP contribution in [-0.4, -0.2) is 22.6 Å². The van der Waals surface area contributed by atoms with Crippen molar-refractivity contribution < 1.29 is 22.8 Å². The number of rotatable bonds is 7. The summed E-state index contributed by atoms with van der Waals surface area (Å²) >= 11 is 1.83. The van der Waals surface area contributed by atoms with Gasteiger partial charge in [-0.2, -0.15) is 11.3 Å². The molecule has 3 aromatic heterocycles. The predicted octanol–water partition coefficient (Wildman–Crippen LogP) is 17.3. The molecule has 11 aromatic rings. The number of nitrogens with zero attached hydrogens (tertiary/aromatic N) is 3. The summed E-state index contributed by atoms with van der Waals surface area (Å²) in [5, 5.41) is 5.93. The molecular formula is C64H59IrN3SSi-2. The SMILES string of the molecule is CC(C)(C)c1ccc(-n2c(-c3[c-]cc4sc5cc(-c6ccccc6)ccc5c4c3)nc3c4ccccc4ccc32)c(-c2ccccc2)c1.[2H]C([2H])(c1cc(-c2[c-]cccc2)ncc1[Si](C)(C)C)C(C)(C)C.[Ir]. The van der Waals surface area contributed by atoms with Crippen LogP contribution >= 0.6 is 11.3 Å². The number of thiophene rings is 1. The summed E-state index contributed by atoms with van der Waals surface area (Å²) in [4.78, 5) is 10.1. The van der Waals surface area contributed by atoms with Crippen molar-refractivity contribution in [2.75, 3.05) is 0 Å². The van der Waals surface area contributed by atoms with Crippen LogP contribution in [0.1, 0.15) is 55.4 Å². The average molecular weight is 1120 g/mol. The fourth-order valence-corrected chi connectivity index (χ4v) is 11.7. The fourth-order valence-electron chi connectivity index (χ4n) is 9.20. The zero-order valence-corrected chi connectivity index (χ0v) is 45.6. The first kappa shape index (κ1) is 46.1. The van der Waals surface area contributed by atoms with Gasteiger partial charge in [0.25, 0.3) is 0 Å². The molecule has 0 fully saturated rings. The first-order chi connectivity index (χ1) is 33.9. The Balaban J connectivity index is 0.000000226. The summed E-state index contributed by atoms with van der Waals surface area (Å²) in [7, 11) is -1.70. The van der Waals surface area contributed by atoms with Crippen LogP contribution in [0.2, 0.25) is 19.6 Å². The minimum Gasteiger partial charge on any atom is -0.333 e. The van der Waals surface area contributed by atoms with Crippen LogP contribution in [0.25, 0.3) is 92.6 Å². The van der Waals surface area contributed by atoms with Crippen LogP contribution in [0.4, 0.5) is 0 Å². The molecular weight excluding hydrogens is 1060 g/mol. The number of benzene rings is 8. The fraction of sp³-hybridized carbons (Fsp3) is 0.188. The van der Waals surface area contributed by atoms with Gasteiger partial charge in [-0.3, -0.25) is 4.98 Å². The molecule has 11 rings (SSSR count). The van der Waals surface area contributed by atoms with E-state index in [0.29, 0.717) is 0 Å². The van der Waals surface area contributed by atoms with Gasteiger partial charge in [-0.15, -0.1) is 59.7 Å². The molecule has 70 heavy (non-hydrogen) atoms. The third-order valence-corrected chi connectivity index (χ3v) is 15.8. The molecule has 0 bridgehead atoms. The standard InChI is InChI=1S/C45H33N2S.C19H26NSi.Ir/c1-45(2,3)34-21-24-39(37(28-34)30-14-8-5-9-15-30)47-40-23-19-31-16-10-11-17-35(31)43(40)46-44(47)33-20-25-41-38(26-33)36-22-18-32(27-42(36)48-41)29-12-6-4-7-13-29;1-19(2,3)13-16-12-17(15-10-8-7-9-11-15)20-14-18(16)21(4,5)6;/h4-19,21-28H,1-3H3;7-10,12,14H,13H2,1-6H3;/q2*-1;/i;13D2;. The van der Waals surface area contributed by atoms with Crippen molar-refractivity contribution in [3.8, 4) is 50.6 Å². The largest absolute Gasteiger partial charge is 0.333 e. The topological polar surface area (TPSA) is 30.7 Å². The molecule has 351 valence electrons. The van der Waals surface area contributed by atoms with Gasteiger partial charge in [0.2, 0.25) is 0 Å². The Morgan fingerprint density at radius 1 is 0.629 bits per heavy atom. The van der Waals surface area contributed by atoms with Crippen LogP contribution in [-0.2, 0) is 31.9 Å². The molecule has 0 N–H and O–H groups in total. The minimum atomic E-state index is -1.70. The zero-order chi connectivity index (χ0) is 49.9. The number of pyridine rings is 1. The van der Waals surface area contributed by atoms with Gasteiger partial charge >= 0.3 is 0 Å². The van der Waals surface area contributed by atoms with Crippen LogP contribution in [0.15, 0.2) is 182 Å². The number of imidazole rings is 1. The van der Waals surface area contributed by atoms with Crippen molar-refractivity contribution in [1.29, 1.82) is 0 Å². The predicted molar refractivity (Wildman–Crippen MR) is 300 cm³/mol. The summed E-state index contributed by atoms with van der Waals surface area (Å²) in [5.41, 5.74) is 12.3. The van der Waals surface area contributed by atoms with Gasteiger partial charge in [0.05, 0.1) is 24.9 Å². The second-order valence-electron chi connectivity index (χ2n) is 21.1. The Kier molecular flexibility index (Phi) is 12.8. The Labute approximate surface area is 435 Å². The van der Waals surface area contributed by atoms with E-state index in [1.54, 1.807) is 0 Å². The van der Waals surface area contributed by atoms with Crippen LogP contribution in [0, 0.1) is 17.5 Å². The minimum absolute atomic E-state index is 0. The summed E-state index contributed by atoms with van der Waals surface area (Å²) in [6, 6.07) is 69.1.